The van der Waals surface area contributed by atoms with Gasteiger partial charge >= 0.3 is 0 Å². The van der Waals surface area contributed by atoms with Crippen molar-refractivity contribution < 1.29 is 13.2 Å². The van der Waals surface area contributed by atoms with Gasteiger partial charge < -0.3 is 0 Å². The van der Waals surface area contributed by atoms with Crippen LogP contribution in [0.25, 0.3) is 0 Å². The van der Waals surface area contributed by atoms with Crippen LogP contribution in [0.5, 0.6) is 0 Å². The lowest BCUT2D eigenvalue weighted by Gasteiger charge is -2.33. The van der Waals surface area contributed by atoms with Crippen molar-refractivity contribution in [2.45, 2.75) is 37.5 Å². The summed E-state index contributed by atoms with van der Waals surface area (Å²) in [6.45, 7) is 0. The van der Waals surface area contributed by atoms with Gasteiger partial charge in [0.15, 0.2) is 11.8 Å². The maximum absolute atomic E-state index is 14.9. The zero-order chi connectivity index (χ0) is 15.6. The first-order chi connectivity index (χ1) is 10.6. The van der Waals surface area contributed by atoms with Crippen LogP contribution < -0.4 is 0 Å². The Morgan fingerprint density at radius 1 is 1.05 bits per heavy atom. The minimum Gasteiger partial charge on any atom is -0.239 e. The van der Waals surface area contributed by atoms with Gasteiger partial charge in [-0.2, -0.15) is 0 Å². The van der Waals surface area contributed by atoms with E-state index in [2.05, 4.69) is 11.8 Å². The van der Waals surface area contributed by atoms with Crippen LogP contribution in [0.4, 0.5) is 13.2 Å². The molecule has 114 valence electrons. The third-order valence-electron chi connectivity index (χ3n) is 4.45. The van der Waals surface area contributed by atoms with Crippen molar-refractivity contribution in [3.05, 3.63) is 59.4 Å². The lowest BCUT2D eigenvalue weighted by atomic mass is 9.79. The molecule has 2 aliphatic rings. The fourth-order valence-corrected chi connectivity index (χ4v) is 3.22. The molecule has 1 aromatic rings. The monoisotopic (exact) mass is 302 g/mol. The van der Waals surface area contributed by atoms with E-state index in [4.69, 9.17) is 0 Å². The summed E-state index contributed by atoms with van der Waals surface area (Å²) in [4.78, 5) is 0. The van der Waals surface area contributed by atoms with Crippen molar-refractivity contribution >= 4 is 0 Å². The summed E-state index contributed by atoms with van der Waals surface area (Å²) in [5.41, 5.74) is -1.56. The van der Waals surface area contributed by atoms with Gasteiger partial charge in [-0.05, 0) is 37.1 Å². The Morgan fingerprint density at radius 2 is 1.73 bits per heavy atom. The molecule has 1 fully saturated rings. The fourth-order valence-electron chi connectivity index (χ4n) is 3.22. The van der Waals surface area contributed by atoms with Crippen molar-refractivity contribution in [1.82, 2.24) is 0 Å². The smallest absolute Gasteiger partial charge is 0.199 e. The zero-order valence-electron chi connectivity index (χ0n) is 12.2. The maximum atomic E-state index is 14.9. The van der Waals surface area contributed by atoms with Gasteiger partial charge in [0.25, 0.3) is 0 Å². The van der Waals surface area contributed by atoms with E-state index in [0.717, 1.165) is 30.6 Å². The number of halogens is 3. The number of allylic oxidation sites excluding steroid dienone is 4. The molecule has 0 radical (unpaired) electrons. The van der Waals surface area contributed by atoms with Crippen LogP contribution in [0.1, 0.15) is 31.2 Å². The fraction of sp³-hybridized carbons (Fsp3) is 0.368. The predicted octanol–water partition coefficient (Wildman–Crippen LogP) is 5.07. The summed E-state index contributed by atoms with van der Waals surface area (Å²) >= 11 is 0. The summed E-state index contributed by atoms with van der Waals surface area (Å²) in [6, 6.07) is 9.14. The second-order valence-corrected chi connectivity index (χ2v) is 5.88. The molecule has 22 heavy (non-hydrogen) atoms. The summed E-state index contributed by atoms with van der Waals surface area (Å²) in [6.07, 6.45) is 2.93. The Hall–Kier alpha value is -1.95. The molecule has 1 saturated carbocycles. The second-order valence-electron chi connectivity index (χ2n) is 5.88. The molecule has 0 amide bonds. The van der Waals surface area contributed by atoms with Crippen molar-refractivity contribution in [1.29, 1.82) is 0 Å². The van der Waals surface area contributed by atoms with E-state index in [1.54, 1.807) is 12.1 Å². The molecule has 2 unspecified atom stereocenters. The average Bonchev–Trinajstić information content (AvgIpc) is 3.06. The van der Waals surface area contributed by atoms with Crippen molar-refractivity contribution in [2.24, 2.45) is 5.92 Å². The normalized spacial score (nSPS) is 28.6. The molecule has 0 N–H and O–H groups in total. The van der Waals surface area contributed by atoms with E-state index in [0.29, 0.717) is 12.8 Å². The van der Waals surface area contributed by atoms with Gasteiger partial charge in [-0.15, -0.1) is 0 Å². The molecule has 0 aromatic heterocycles. The first-order valence-electron chi connectivity index (χ1n) is 7.60. The molecule has 0 spiro atoms. The standard InChI is InChI=1S/C19H17F3/c20-17-12-15(11-10-14-6-2-1-3-7-14)13-18(21)19(17,22)16-8-4-5-9-16/h1-3,6-7,12-13,16-17H,4-5,8-9H2. The molecule has 2 atom stereocenters. The maximum Gasteiger partial charge on any atom is 0.199 e. The first kappa shape index (κ1) is 15.0. The Bertz CT molecular complexity index is 657. The SMILES string of the molecule is FC1=CC(C#Cc2ccccc2)=CC(F)C1(F)C1CCCC1. The van der Waals surface area contributed by atoms with Crippen LogP contribution >= 0.6 is 0 Å². The minimum atomic E-state index is -2.51. The molecule has 1 aromatic carbocycles. The molecule has 0 heterocycles. The van der Waals surface area contributed by atoms with Crippen LogP contribution in [0.15, 0.2) is 53.9 Å². The quantitative estimate of drug-likeness (QED) is 0.635. The number of benzene rings is 1. The Kier molecular flexibility index (Phi) is 4.11. The highest BCUT2D eigenvalue weighted by Crippen LogP contribution is 2.47. The molecule has 0 nitrogen and oxygen atoms in total. The summed E-state index contributed by atoms with van der Waals surface area (Å²) < 4.78 is 43.4. The molecule has 2 aliphatic carbocycles. The molecule has 0 aliphatic heterocycles. The van der Waals surface area contributed by atoms with Crippen LogP contribution in [-0.4, -0.2) is 11.8 Å². The van der Waals surface area contributed by atoms with E-state index < -0.39 is 23.6 Å². The highest BCUT2D eigenvalue weighted by molar-refractivity contribution is 5.49. The highest BCUT2D eigenvalue weighted by atomic mass is 19.2. The second kappa shape index (κ2) is 6.04. The molecule has 0 bridgehead atoms. The lowest BCUT2D eigenvalue weighted by Crippen LogP contribution is -2.43. The van der Waals surface area contributed by atoms with E-state index in [1.807, 2.05) is 18.2 Å². The molecule has 0 saturated heterocycles. The predicted molar refractivity (Wildman–Crippen MR) is 81.3 cm³/mol. The molecular formula is C19H17F3. The van der Waals surface area contributed by atoms with Crippen molar-refractivity contribution in [2.75, 3.05) is 0 Å². The zero-order valence-corrected chi connectivity index (χ0v) is 12.2. The number of alkyl halides is 2. The van der Waals surface area contributed by atoms with E-state index in [9.17, 15) is 13.2 Å². The van der Waals surface area contributed by atoms with Gasteiger partial charge in [0.2, 0.25) is 0 Å². The first-order valence-corrected chi connectivity index (χ1v) is 7.60. The van der Waals surface area contributed by atoms with Gasteiger partial charge in [-0.3, -0.25) is 0 Å². The Morgan fingerprint density at radius 3 is 2.36 bits per heavy atom. The van der Waals surface area contributed by atoms with E-state index >= 15 is 0 Å². The number of hydrogen-bond acceptors (Lipinski definition) is 0. The van der Waals surface area contributed by atoms with Crippen molar-refractivity contribution in [3.8, 4) is 11.8 Å². The number of hydrogen-bond donors (Lipinski definition) is 0. The Balaban J connectivity index is 1.84. The third-order valence-corrected chi connectivity index (χ3v) is 4.45. The van der Waals surface area contributed by atoms with Crippen LogP contribution in [0.3, 0.4) is 0 Å². The largest absolute Gasteiger partial charge is 0.239 e. The highest BCUT2D eigenvalue weighted by Gasteiger charge is 2.52. The average molecular weight is 302 g/mol. The van der Waals surface area contributed by atoms with Gasteiger partial charge in [0.05, 0.1) is 0 Å². The molecular weight excluding hydrogens is 285 g/mol. The molecule has 3 heteroatoms. The minimum absolute atomic E-state index is 0.195. The van der Waals surface area contributed by atoms with Gasteiger partial charge in [-0.25, -0.2) is 13.2 Å². The summed E-state index contributed by atoms with van der Waals surface area (Å²) in [5, 5.41) is 0. The van der Waals surface area contributed by atoms with Crippen LogP contribution in [0, 0.1) is 17.8 Å². The topological polar surface area (TPSA) is 0 Å². The Labute approximate surface area is 128 Å². The number of rotatable bonds is 1. The van der Waals surface area contributed by atoms with Gasteiger partial charge in [0.1, 0.15) is 5.83 Å². The third kappa shape index (κ3) is 2.70. The van der Waals surface area contributed by atoms with Crippen LogP contribution in [-0.2, 0) is 0 Å². The summed E-state index contributed by atoms with van der Waals surface area (Å²) in [5.74, 6) is 3.96. The molecule has 3 rings (SSSR count). The van der Waals surface area contributed by atoms with E-state index in [-0.39, 0.29) is 5.57 Å². The summed E-state index contributed by atoms with van der Waals surface area (Å²) in [7, 11) is 0. The van der Waals surface area contributed by atoms with Gasteiger partial charge in [-0.1, -0.05) is 42.9 Å². The lowest BCUT2D eigenvalue weighted by molar-refractivity contribution is 0.0300. The van der Waals surface area contributed by atoms with Crippen molar-refractivity contribution in [3.63, 3.8) is 0 Å². The van der Waals surface area contributed by atoms with E-state index in [1.165, 1.54) is 0 Å². The van der Waals surface area contributed by atoms with Crippen LogP contribution in [0.2, 0.25) is 0 Å². The van der Waals surface area contributed by atoms with Gasteiger partial charge in [0, 0.05) is 17.1 Å².